The quantitative estimate of drug-likeness (QED) is 0.344. The number of hydrogen-bond acceptors (Lipinski definition) is 3. The second-order valence-electron chi connectivity index (χ2n) is 8.01. The van der Waals surface area contributed by atoms with Crippen molar-refractivity contribution in [1.29, 1.82) is 0 Å². The first-order valence-corrected chi connectivity index (χ1v) is 11.3. The largest absolute Gasteiger partial charge is 0.494 e. The molecule has 162 valence electrons. The highest BCUT2D eigenvalue weighted by Crippen LogP contribution is 2.34. The second-order valence-corrected chi connectivity index (χ2v) is 8.45. The molecule has 2 heterocycles. The number of aryl methyl sites for hydroxylation is 1. The number of anilines is 1. The number of fused-ring (bicyclic) bond motifs is 1. The number of nitrogens with zero attached hydrogens (tertiary/aromatic N) is 3. The average molecular weight is 446 g/mol. The molecule has 0 bridgehead atoms. The van der Waals surface area contributed by atoms with Crippen molar-refractivity contribution in [1.82, 2.24) is 9.55 Å². The minimum absolute atomic E-state index is 0.0314. The zero-order valence-corrected chi connectivity index (χ0v) is 18.4. The summed E-state index contributed by atoms with van der Waals surface area (Å²) in [5, 5.41) is 0.629. The molecular formula is C26H24ClN3O2. The van der Waals surface area contributed by atoms with Gasteiger partial charge in [0.15, 0.2) is 0 Å². The molecule has 6 heteroatoms. The van der Waals surface area contributed by atoms with Crippen molar-refractivity contribution in [2.75, 3.05) is 18.1 Å². The Morgan fingerprint density at radius 3 is 2.66 bits per heavy atom. The molecule has 1 fully saturated rings. The Hall–Kier alpha value is -3.31. The van der Waals surface area contributed by atoms with E-state index in [2.05, 4.69) is 10.6 Å². The molecule has 32 heavy (non-hydrogen) atoms. The minimum atomic E-state index is 0.0314. The van der Waals surface area contributed by atoms with Crippen molar-refractivity contribution in [3.05, 3.63) is 89.7 Å². The standard InChI is InChI=1S/C26H24ClN3O2/c27-20-8-6-9-21(17-20)30-18-19(16-25(30)31)26-28-23-12-4-5-13-24(23)29(26)14-7-15-32-22-10-2-1-3-11-22/h1-6,8-13,17,19H,7,14-16,18H2/t19-/m1/s1. The van der Waals surface area contributed by atoms with Gasteiger partial charge in [-0.3, -0.25) is 4.79 Å². The fourth-order valence-electron chi connectivity index (χ4n) is 4.34. The molecule has 0 radical (unpaired) electrons. The Morgan fingerprint density at radius 1 is 1.00 bits per heavy atom. The van der Waals surface area contributed by atoms with Gasteiger partial charge in [0.05, 0.1) is 17.6 Å². The summed E-state index contributed by atoms with van der Waals surface area (Å²) in [6.07, 6.45) is 1.29. The molecule has 0 aliphatic carbocycles. The van der Waals surface area contributed by atoms with E-state index in [9.17, 15) is 4.79 Å². The predicted molar refractivity (Wildman–Crippen MR) is 127 cm³/mol. The lowest BCUT2D eigenvalue weighted by Gasteiger charge is -2.18. The van der Waals surface area contributed by atoms with Crippen molar-refractivity contribution in [2.24, 2.45) is 0 Å². The number of ether oxygens (including phenoxy) is 1. The Kier molecular flexibility index (Phi) is 5.82. The van der Waals surface area contributed by atoms with Crippen LogP contribution in [0.1, 0.15) is 24.6 Å². The molecule has 0 N–H and O–H groups in total. The number of benzene rings is 3. The van der Waals surface area contributed by atoms with Gasteiger partial charge in [0.25, 0.3) is 0 Å². The molecule has 1 aliphatic heterocycles. The molecule has 4 aromatic rings. The Bertz CT molecular complexity index is 1240. The predicted octanol–water partition coefficient (Wildman–Crippen LogP) is 5.68. The minimum Gasteiger partial charge on any atom is -0.494 e. The molecule has 0 spiro atoms. The van der Waals surface area contributed by atoms with Crippen LogP contribution in [0.4, 0.5) is 5.69 Å². The van der Waals surface area contributed by atoms with Crippen LogP contribution in [-0.2, 0) is 11.3 Å². The fourth-order valence-corrected chi connectivity index (χ4v) is 4.53. The fraction of sp³-hybridized carbons (Fsp3) is 0.231. The number of para-hydroxylation sites is 3. The summed E-state index contributed by atoms with van der Waals surface area (Å²) < 4.78 is 8.13. The van der Waals surface area contributed by atoms with Gasteiger partial charge in [-0.05, 0) is 48.9 Å². The lowest BCUT2D eigenvalue weighted by atomic mass is 10.1. The zero-order valence-electron chi connectivity index (χ0n) is 17.7. The van der Waals surface area contributed by atoms with E-state index in [1.165, 1.54) is 0 Å². The molecule has 5 rings (SSSR count). The Balaban J connectivity index is 1.36. The summed E-state index contributed by atoms with van der Waals surface area (Å²) in [5.41, 5.74) is 2.89. The molecule has 3 aromatic carbocycles. The monoisotopic (exact) mass is 445 g/mol. The lowest BCUT2D eigenvalue weighted by molar-refractivity contribution is -0.117. The van der Waals surface area contributed by atoms with Crippen LogP contribution in [0.2, 0.25) is 5.02 Å². The summed E-state index contributed by atoms with van der Waals surface area (Å²) >= 11 is 6.15. The molecule has 1 atom stereocenters. The van der Waals surface area contributed by atoms with Gasteiger partial charge in [-0.1, -0.05) is 48.0 Å². The van der Waals surface area contributed by atoms with Crippen LogP contribution in [-0.4, -0.2) is 28.6 Å². The first-order valence-electron chi connectivity index (χ1n) is 10.9. The zero-order chi connectivity index (χ0) is 21.9. The van der Waals surface area contributed by atoms with Crippen LogP contribution in [0.15, 0.2) is 78.9 Å². The number of hydrogen-bond donors (Lipinski definition) is 0. The van der Waals surface area contributed by atoms with E-state index in [-0.39, 0.29) is 11.8 Å². The number of amides is 1. The van der Waals surface area contributed by atoms with E-state index < -0.39 is 0 Å². The van der Waals surface area contributed by atoms with E-state index >= 15 is 0 Å². The highest BCUT2D eigenvalue weighted by molar-refractivity contribution is 6.30. The molecule has 1 aromatic heterocycles. The maximum atomic E-state index is 12.8. The lowest BCUT2D eigenvalue weighted by Crippen LogP contribution is -2.24. The van der Waals surface area contributed by atoms with Crippen LogP contribution < -0.4 is 9.64 Å². The van der Waals surface area contributed by atoms with Crippen LogP contribution in [0.3, 0.4) is 0 Å². The first-order chi connectivity index (χ1) is 15.7. The smallest absolute Gasteiger partial charge is 0.227 e. The third-order valence-electron chi connectivity index (χ3n) is 5.83. The van der Waals surface area contributed by atoms with Gasteiger partial charge in [0, 0.05) is 36.1 Å². The van der Waals surface area contributed by atoms with E-state index in [1.807, 2.05) is 77.7 Å². The molecule has 0 saturated carbocycles. The molecular weight excluding hydrogens is 422 g/mol. The van der Waals surface area contributed by atoms with Gasteiger partial charge in [-0.15, -0.1) is 0 Å². The SMILES string of the molecule is O=C1C[C@@H](c2nc3ccccc3n2CCCOc2ccccc2)CN1c1cccc(Cl)c1. The summed E-state index contributed by atoms with van der Waals surface area (Å²) in [6.45, 7) is 2.00. The summed E-state index contributed by atoms with van der Waals surface area (Å²) in [6, 6.07) is 25.5. The topological polar surface area (TPSA) is 47.4 Å². The summed E-state index contributed by atoms with van der Waals surface area (Å²) in [5.74, 6) is 1.97. The van der Waals surface area contributed by atoms with Crippen molar-refractivity contribution >= 4 is 34.2 Å². The number of aromatic nitrogens is 2. The van der Waals surface area contributed by atoms with Crippen LogP contribution in [0.25, 0.3) is 11.0 Å². The highest BCUT2D eigenvalue weighted by atomic mass is 35.5. The summed E-state index contributed by atoms with van der Waals surface area (Å²) in [7, 11) is 0. The Morgan fingerprint density at radius 2 is 1.81 bits per heavy atom. The summed E-state index contributed by atoms with van der Waals surface area (Å²) in [4.78, 5) is 19.6. The van der Waals surface area contributed by atoms with Gasteiger partial charge in [0.2, 0.25) is 5.91 Å². The maximum absolute atomic E-state index is 12.8. The number of halogens is 1. The van der Waals surface area contributed by atoms with Gasteiger partial charge in [-0.25, -0.2) is 4.98 Å². The third kappa shape index (κ3) is 4.21. The maximum Gasteiger partial charge on any atom is 0.227 e. The third-order valence-corrected chi connectivity index (χ3v) is 6.07. The van der Waals surface area contributed by atoms with E-state index in [1.54, 1.807) is 0 Å². The van der Waals surface area contributed by atoms with Crippen LogP contribution in [0.5, 0.6) is 5.75 Å². The molecule has 1 aliphatic rings. The molecule has 1 amide bonds. The molecule has 0 unspecified atom stereocenters. The number of rotatable bonds is 7. The number of imidazole rings is 1. The first kappa shape index (κ1) is 20.6. The van der Waals surface area contributed by atoms with Crippen molar-refractivity contribution < 1.29 is 9.53 Å². The van der Waals surface area contributed by atoms with Crippen molar-refractivity contribution in [3.63, 3.8) is 0 Å². The van der Waals surface area contributed by atoms with E-state index in [0.717, 1.165) is 41.3 Å². The molecule has 5 nitrogen and oxygen atoms in total. The van der Waals surface area contributed by atoms with Gasteiger partial charge in [-0.2, -0.15) is 0 Å². The number of carbonyl (C=O) groups excluding carboxylic acids is 1. The van der Waals surface area contributed by atoms with Crippen molar-refractivity contribution in [2.45, 2.75) is 25.3 Å². The number of carbonyl (C=O) groups is 1. The van der Waals surface area contributed by atoms with E-state index in [4.69, 9.17) is 21.3 Å². The highest BCUT2D eigenvalue weighted by Gasteiger charge is 2.34. The van der Waals surface area contributed by atoms with Gasteiger partial charge >= 0.3 is 0 Å². The van der Waals surface area contributed by atoms with Crippen LogP contribution in [0, 0.1) is 0 Å². The Labute approximate surface area is 192 Å². The normalized spacial score (nSPS) is 16.1. The molecule has 1 saturated heterocycles. The van der Waals surface area contributed by atoms with Crippen LogP contribution >= 0.6 is 11.6 Å². The van der Waals surface area contributed by atoms with Gasteiger partial charge in [0.1, 0.15) is 11.6 Å². The van der Waals surface area contributed by atoms with Gasteiger partial charge < -0.3 is 14.2 Å². The average Bonchev–Trinajstić information content (AvgIpc) is 3.38. The van der Waals surface area contributed by atoms with Crippen molar-refractivity contribution in [3.8, 4) is 5.75 Å². The second kappa shape index (κ2) is 9.05. The van der Waals surface area contributed by atoms with E-state index in [0.29, 0.717) is 24.6 Å².